The second-order valence-electron chi connectivity index (χ2n) is 4.96. The summed E-state index contributed by atoms with van der Waals surface area (Å²) >= 11 is 6.21. The summed E-state index contributed by atoms with van der Waals surface area (Å²) in [6.45, 7) is 1.58. The smallest absolute Gasteiger partial charge is 0.194 e. The van der Waals surface area contributed by atoms with Gasteiger partial charge in [-0.15, -0.1) is 24.0 Å². The van der Waals surface area contributed by atoms with Crippen LogP contribution < -0.4 is 20.5 Å². The molecule has 0 unspecified atom stereocenters. The molecule has 1 aromatic carbocycles. The van der Waals surface area contributed by atoms with Gasteiger partial charge in [-0.25, -0.2) is 4.98 Å². The van der Waals surface area contributed by atoms with Gasteiger partial charge in [-0.3, -0.25) is 4.99 Å². The van der Waals surface area contributed by atoms with Crippen LogP contribution in [0.4, 0.5) is 5.82 Å². The minimum absolute atomic E-state index is 0. The van der Waals surface area contributed by atoms with E-state index in [1.165, 1.54) is 0 Å². The Balaban J connectivity index is 0.00000208. The lowest BCUT2D eigenvalue weighted by molar-refractivity contribution is 0.171. The first-order valence-electron chi connectivity index (χ1n) is 7.28. The van der Waals surface area contributed by atoms with Crippen LogP contribution in [-0.2, 0) is 6.42 Å². The Morgan fingerprint density at radius 3 is 2.92 bits per heavy atom. The molecule has 3 rings (SSSR count). The number of nitrogens with two attached hydrogens (primary N) is 1. The molecule has 0 amide bonds. The quantitative estimate of drug-likeness (QED) is 0.416. The maximum atomic E-state index is 6.21. The van der Waals surface area contributed by atoms with Gasteiger partial charge in [0.1, 0.15) is 19.0 Å². The molecule has 24 heavy (non-hydrogen) atoms. The van der Waals surface area contributed by atoms with E-state index in [-0.39, 0.29) is 24.0 Å². The SMILES string of the molecule is I.NC(=NCCc1cc(Cl)c2c(c1)OCCO2)Nc1ccccn1. The van der Waals surface area contributed by atoms with Crippen molar-refractivity contribution in [3.8, 4) is 11.5 Å². The first-order chi connectivity index (χ1) is 11.2. The van der Waals surface area contributed by atoms with Gasteiger partial charge in [0, 0.05) is 12.7 Å². The number of anilines is 1. The van der Waals surface area contributed by atoms with Crippen molar-refractivity contribution in [3.63, 3.8) is 0 Å². The van der Waals surface area contributed by atoms with Crippen LogP contribution in [0.25, 0.3) is 0 Å². The van der Waals surface area contributed by atoms with E-state index >= 15 is 0 Å². The van der Waals surface area contributed by atoms with Crippen molar-refractivity contribution in [2.75, 3.05) is 25.1 Å². The Morgan fingerprint density at radius 2 is 2.12 bits per heavy atom. The van der Waals surface area contributed by atoms with E-state index in [1.807, 2.05) is 30.3 Å². The summed E-state index contributed by atoms with van der Waals surface area (Å²) in [6.07, 6.45) is 2.38. The number of hydrogen-bond donors (Lipinski definition) is 2. The molecular weight excluding hydrogens is 443 g/mol. The number of pyridine rings is 1. The Labute approximate surface area is 162 Å². The standard InChI is InChI=1S/C16H17ClN4O2.HI/c17-12-9-11(10-13-15(12)23-8-7-22-13)4-6-20-16(18)21-14-3-1-2-5-19-14;/h1-3,5,9-10H,4,6-8H2,(H3,18,19,20,21);1H. The molecule has 0 aliphatic carbocycles. The highest BCUT2D eigenvalue weighted by Gasteiger charge is 2.16. The number of rotatable bonds is 4. The van der Waals surface area contributed by atoms with Gasteiger partial charge in [0.15, 0.2) is 17.5 Å². The van der Waals surface area contributed by atoms with Crippen LogP contribution in [0.15, 0.2) is 41.5 Å². The summed E-state index contributed by atoms with van der Waals surface area (Å²) < 4.78 is 11.1. The topological polar surface area (TPSA) is 81.8 Å². The maximum Gasteiger partial charge on any atom is 0.194 e. The third-order valence-corrected chi connectivity index (χ3v) is 3.54. The lowest BCUT2D eigenvalue weighted by atomic mass is 10.1. The van der Waals surface area contributed by atoms with Crippen LogP contribution in [0.5, 0.6) is 11.5 Å². The predicted molar refractivity (Wildman–Crippen MR) is 106 cm³/mol. The third-order valence-electron chi connectivity index (χ3n) is 3.26. The zero-order chi connectivity index (χ0) is 16.1. The van der Waals surface area contributed by atoms with Gasteiger partial charge in [-0.1, -0.05) is 17.7 Å². The summed E-state index contributed by atoms with van der Waals surface area (Å²) in [5, 5.41) is 3.49. The summed E-state index contributed by atoms with van der Waals surface area (Å²) in [5.41, 5.74) is 6.86. The summed E-state index contributed by atoms with van der Waals surface area (Å²) in [5.74, 6) is 2.28. The van der Waals surface area contributed by atoms with Crippen molar-refractivity contribution in [2.45, 2.75) is 6.42 Å². The number of ether oxygens (including phenoxy) is 2. The second kappa shape index (κ2) is 8.93. The van der Waals surface area contributed by atoms with Gasteiger partial charge < -0.3 is 20.5 Å². The minimum atomic E-state index is 0. The van der Waals surface area contributed by atoms with Crippen LogP contribution in [0.3, 0.4) is 0 Å². The van der Waals surface area contributed by atoms with Gasteiger partial charge in [0.05, 0.1) is 5.02 Å². The molecule has 0 fully saturated rings. The molecule has 2 aromatic rings. The van der Waals surface area contributed by atoms with Crippen LogP contribution >= 0.6 is 35.6 Å². The summed E-state index contributed by atoms with van der Waals surface area (Å²) in [6, 6.07) is 9.33. The molecule has 3 N–H and O–H groups in total. The number of nitrogens with one attached hydrogen (secondary N) is 1. The number of nitrogens with zero attached hydrogens (tertiary/aromatic N) is 2. The zero-order valence-corrected chi connectivity index (χ0v) is 16.0. The van der Waals surface area contributed by atoms with Crippen LogP contribution in [-0.4, -0.2) is 30.7 Å². The van der Waals surface area contributed by atoms with E-state index in [2.05, 4.69) is 15.3 Å². The van der Waals surface area contributed by atoms with Crippen molar-refractivity contribution in [3.05, 3.63) is 47.1 Å². The average molecular weight is 461 g/mol. The summed E-state index contributed by atoms with van der Waals surface area (Å²) in [4.78, 5) is 8.41. The molecule has 0 saturated carbocycles. The highest BCUT2D eigenvalue weighted by atomic mass is 127. The molecule has 1 aliphatic rings. The van der Waals surface area contributed by atoms with Gasteiger partial charge in [-0.2, -0.15) is 0 Å². The van der Waals surface area contributed by atoms with E-state index < -0.39 is 0 Å². The van der Waals surface area contributed by atoms with E-state index in [1.54, 1.807) is 6.20 Å². The van der Waals surface area contributed by atoms with Crippen LogP contribution in [0.2, 0.25) is 5.02 Å². The molecule has 0 radical (unpaired) electrons. The predicted octanol–water partition coefficient (Wildman–Crippen LogP) is 3.09. The van der Waals surface area contributed by atoms with E-state index in [0.717, 1.165) is 5.56 Å². The molecule has 0 saturated heterocycles. The highest BCUT2D eigenvalue weighted by molar-refractivity contribution is 14.0. The Hall–Kier alpha value is -1.74. The van der Waals surface area contributed by atoms with Gasteiger partial charge >= 0.3 is 0 Å². The highest BCUT2D eigenvalue weighted by Crippen LogP contribution is 2.38. The fourth-order valence-electron chi connectivity index (χ4n) is 2.22. The number of aromatic nitrogens is 1. The molecule has 2 heterocycles. The number of hydrogen-bond acceptors (Lipinski definition) is 4. The lowest BCUT2D eigenvalue weighted by Gasteiger charge is -2.20. The monoisotopic (exact) mass is 460 g/mol. The Morgan fingerprint density at radius 1 is 1.29 bits per heavy atom. The number of aliphatic imine (C=N–C) groups is 1. The van der Waals surface area contributed by atoms with E-state index in [0.29, 0.717) is 54.5 Å². The fourth-order valence-corrected chi connectivity index (χ4v) is 2.51. The largest absolute Gasteiger partial charge is 0.486 e. The molecule has 1 aliphatic heterocycles. The molecule has 8 heteroatoms. The van der Waals surface area contributed by atoms with E-state index in [4.69, 9.17) is 26.8 Å². The maximum absolute atomic E-state index is 6.21. The zero-order valence-electron chi connectivity index (χ0n) is 12.9. The molecule has 0 spiro atoms. The van der Waals surface area contributed by atoms with Gasteiger partial charge in [-0.05, 0) is 36.2 Å². The fraction of sp³-hybridized carbons (Fsp3) is 0.250. The van der Waals surface area contributed by atoms with Gasteiger partial charge in [0.2, 0.25) is 0 Å². The van der Waals surface area contributed by atoms with Crippen LogP contribution in [0.1, 0.15) is 5.56 Å². The normalized spacial score (nSPS) is 13.1. The number of benzene rings is 1. The average Bonchev–Trinajstić information content (AvgIpc) is 2.56. The molecule has 0 bridgehead atoms. The third kappa shape index (κ3) is 4.88. The van der Waals surface area contributed by atoms with Crippen molar-refractivity contribution in [2.24, 2.45) is 10.7 Å². The first-order valence-corrected chi connectivity index (χ1v) is 7.66. The van der Waals surface area contributed by atoms with Crippen molar-refractivity contribution < 1.29 is 9.47 Å². The van der Waals surface area contributed by atoms with Crippen molar-refractivity contribution >= 4 is 47.4 Å². The minimum Gasteiger partial charge on any atom is -0.486 e. The molecule has 6 nitrogen and oxygen atoms in total. The Bertz CT molecular complexity index is 713. The van der Waals surface area contributed by atoms with Crippen LogP contribution in [0, 0.1) is 0 Å². The van der Waals surface area contributed by atoms with Crippen molar-refractivity contribution in [1.82, 2.24) is 4.98 Å². The molecule has 0 atom stereocenters. The van der Waals surface area contributed by atoms with E-state index in [9.17, 15) is 0 Å². The second-order valence-corrected chi connectivity index (χ2v) is 5.37. The summed E-state index contributed by atoms with van der Waals surface area (Å²) in [7, 11) is 0. The number of fused-ring (bicyclic) bond motifs is 1. The molecule has 128 valence electrons. The van der Waals surface area contributed by atoms with Crippen molar-refractivity contribution in [1.29, 1.82) is 0 Å². The molecule has 1 aromatic heterocycles. The molecular formula is C16H18ClIN4O2. The first kappa shape index (κ1) is 18.6. The lowest BCUT2D eigenvalue weighted by Crippen LogP contribution is -2.23. The Kier molecular flexibility index (Phi) is 6.92. The number of guanidine groups is 1. The van der Waals surface area contributed by atoms with Gasteiger partial charge in [0.25, 0.3) is 0 Å². The number of halogens is 2.